The van der Waals surface area contributed by atoms with Gasteiger partial charge in [-0.05, 0) is 53.6 Å². The fourth-order valence-electron chi connectivity index (χ4n) is 5.04. The second kappa shape index (κ2) is 6.28. The second-order valence-corrected chi connectivity index (χ2v) is 8.79. The van der Waals surface area contributed by atoms with E-state index in [1.165, 1.54) is 16.7 Å². The molecule has 0 aromatic heterocycles. The monoisotopic (exact) mass is 347 g/mol. The third kappa shape index (κ3) is 2.87. The molecule has 0 amide bonds. The van der Waals surface area contributed by atoms with Crippen LogP contribution >= 0.6 is 0 Å². The molecule has 1 fully saturated rings. The molecule has 1 heterocycles. The molecule has 2 aromatic carbocycles. The highest BCUT2D eigenvalue weighted by molar-refractivity contribution is 5.50. The predicted molar refractivity (Wildman–Crippen MR) is 109 cm³/mol. The quantitative estimate of drug-likeness (QED) is 0.833. The van der Waals surface area contributed by atoms with E-state index in [4.69, 9.17) is 0 Å². The van der Waals surface area contributed by atoms with Crippen molar-refractivity contribution in [2.45, 2.75) is 50.5 Å². The van der Waals surface area contributed by atoms with Gasteiger partial charge < -0.3 is 5.11 Å². The Morgan fingerprint density at radius 2 is 1.85 bits per heavy atom. The number of phenols is 1. The van der Waals surface area contributed by atoms with Crippen molar-refractivity contribution in [3.63, 3.8) is 0 Å². The third-order valence-corrected chi connectivity index (χ3v) is 6.67. The normalized spacial score (nSPS) is 27.4. The molecule has 0 spiro atoms. The van der Waals surface area contributed by atoms with Crippen LogP contribution in [0.4, 0.5) is 0 Å². The molecule has 1 saturated heterocycles. The maximum Gasteiger partial charge on any atom is 0.115 e. The summed E-state index contributed by atoms with van der Waals surface area (Å²) in [6, 6.07) is 17.1. The van der Waals surface area contributed by atoms with Gasteiger partial charge in [0, 0.05) is 18.0 Å². The lowest BCUT2D eigenvalue weighted by Crippen LogP contribution is -2.59. The molecule has 2 aliphatic rings. The first kappa shape index (κ1) is 17.4. The number of hydrogen-bond acceptors (Lipinski definition) is 2. The van der Waals surface area contributed by atoms with Crippen LogP contribution in [-0.4, -0.2) is 29.1 Å². The van der Waals surface area contributed by atoms with E-state index in [0.717, 1.165) is 25.9 Å². The van der Waals surface area contributed by atoms with Crippen LogP contribution in [0.15, 0.2) is 54.6 Å². The van der Waals surface area contributed by atoms with E-state index in [1.807, 2.05) is 12.1 Å². The highest BCUT2D eigenvalue weighted by Crippen LogP contribution is 2.52. The fraction of sp³-hybridized carbons (Fsp3) is 0.417. The summed E-state index contributed by atoms with van der Waals surface area (Å²) >= 11 is 0. The van der Waals surface area contributed by atoms with Gasteiger partial charge in [-0.1, -0.05) is 69.3 Å². The highest BCUT2D eigenvalue weighted by atomic mass is 16.3. The number of phenolic OH excluding ortho intramolecular Hbond substituents is 1. The van der Waals surface area contributed by atoms with E-state index in [-0.39, 0.29) is 10.8 Å². The molecule has 136 valence electrons. The number of aromatic hydroxyl groups is 1. The van der Waals surface area contributed by atoms with E-state index in [1.54, 1.807) is 0 Å². The third-order valence-electron chi connectivity index (χ3n) is 6.67. The van der Waals surface area contributed by atoms with Crippen LogP contribution in [0.5, 0.6) is 5.75 Å². The zero-order chi connectivity index (χ0) is 18.4. The Kier molecular flexibility index (Phi) is 4.19. The minimum Gasteiger partial charge on any atom is -0.508 e. The summed E-state index contributed by atoms with van der Waals surface area (Å²) in [5.74, 6) is 0.396. The van der Waals surface area contributed by atoms with Crippen molar-refractivity contribution >= 4 is 6.08 Å². The smallest absolute Gasteiger partial charge is 0.115 e. The maximum atomic E-state index is 10.0. The van der Waals surface area contributed by atoms with Gasteiger partial charge in [-0.25, -0.2) is 0 Å². The number of piperidine rings is 1. The lowest BCUT2D eigenvalue weighted by molar-refractivity contribution is 0.0480. The van der Waals surface area contributed by atoms with Crippen molar-refractivity contribution in [1.82, 2.24) is 4.90 Å². The van der Waals surface area contributed by atoms with Gasteiger partial charge in [-0.3, -0.25) is 4.90 Å². The molecular formula is C24H29NO. The van der Waals surface area contributed by atoms with Crippen LogP contribution in [-0.2, 0) is 10.8 Å². The highest BCUT2D eigenvalue weighted by Gasteiger charge is 2.50. The molecule has 2 heteroatoms. The molecule has 2 atom stereocenters. The van der Waals surface area contributed by atoms with Crippen LogP contribution < -0.4 is 0 Å². The van der Waals surface area contributed by atoms with Gasteiger partial charge in [0.1, 0.15) is 5.75 Å². The number of fused-ring (bicyclic) bond motifs is 4. The Labute approximate surface area is 157 Å². The van der Waals surface area contributed by atoms with Gasteiger partial charge in [0.2, 0.25) is 0 Å². The molecule has 2 bridgehead atoms. The average molecular weight is 348 g/mol. The standard InChI is InChI=1S/C24H29NO/c1-23(2)20-12-11-19(26)16-21(20)24(3)13-15-25(22(23)17-24)14-7-10-18-8-5-4-6-9-18/h4-12,16,22,26H,13-15,17H2,1-3H3/b10-7+. The average Bonchev–Trinajstić information content (AvgIpc) is 2.63. The zero-order valence-electron chi connectivity index (χ0n) is 16.1. The molecule has 1 N–H and O–H groups in total. The summed E-state index contributed by atoms with van der Waals surface area (Å²) in [5.41, 5.74) is 4.29. The summed E-state index contributed by atoms with van der Waals surface area (Å²) in [4.78, 5) is 2.65. The first-order valence-electron chi connectivity index (χ1n) is 9.70. The second-order valence-electron chi connectivity index (χ2n) is 8.79. The zero-order valence-corrected chi connectivity index (χ0v) is 16.1. The summed E-state index contributed by atoms with van der Waals surface area (Å²) < 4.78 is 0. The summed E-state index contributed by atoms with van der Waals surface area (Å²) in [6.07, 6.45) is 6.85. The minimum atomic E-state index is 0.0869. The first-order chi connectivity index (χ1) is 12.4. The number of rotatable bonds is 3. The Hall–Kier alpha value is -2.06. The number of nitrogens with zero attached hydrogens (tertiary/aromatic N) is 1. The van der Waals surface area contributed by atoms with Crippen molar-refractivity contribution in [1.29, 1.82) is 0 Å². The molecular weight excluding hydrogens is 318 g/mol. The molecule has 2 nitrogen and oxygen atoms in total. The van der Waals surface area contributed by atoms with E-state index in [2.05, 4.69) is 74.2 Å². The van der Waals surface area contributed by atoms with Crippen LogP contribution in [0, 0.1) is 0 Å². The van der Waals surface area contributed by atoms with E-state index < -0.39 is 0 Å². The SMILES string of the molecule is CC12CCN(C/C=C/c3ccccc3)C(C1)C(C)(C)c1ccc(O)cc12. The molecule has 2 aromatic rings. The fourth-order valence-corrected chi connectivity index (χ4v) is 5.04. The lowest BCUT2D eigenvalue weighted by Gasteiger charge is -2.56. The molecule has 2 unspecified atom stereocenters. The molecule has 1 aliphatic carbocycles. The van der Waals surface area contributed by atoms with Crippen molar-refractivity contribution < 1.29 is 5.11 Å². The summed E-state index contributed by atoms with van der Waals surface area (Å²) in [5, 5.41) is 10.0. The van der Waals surface area contributed by atoms with E-state index in [9.17, 15) is 5.11 Å². The van der Waals surface area contributed by atoms with Gasteiger partial charge in [-0.2, -0.15) is 0 Å². The minimum absolute atomic E-state index is 0.0869. The molecule has 26 heavy (non-hydrogen) atoms. The maximum absolute atomic E-state index is 10.0. The summed E-state index contributed by atoms with van der Waals surface area (Å²) in [6.45, 7) is 9.22. The van der Waals surface area contributed by atoms with Gasteiger partial charge >= 0.3 is 0 Å². The van der Waals surface area contributed by atoms with Crippen molar-refractivity contribution in [3.05, 3.63) is 71.3 Å². The lowest BCUT2D eigenvalue weighted by atomic mass is 9.56. The van der Waals surface area contributed by atoms with Crippen molar-refractivity contribution in [2.75, 3.05) is 13.1 Å². The van der Waals surface area contributed by atoms with Crippen LogP contribution in [0.25, 0.3) is 6.08 Å². The number of benzene rings is 2. The molecule has 0 radical (unpaired) electrons. The number of hydrogen-bond donors (Lipinski definition) is 1. The molecule has 4 rings (SSSR count). The van der Waals surface area contributed by atoms with Gasteiger partial charge in [0.05, 0.1) is 0 Å². The Bertz CT molecular complexity index is 823. The Morgan fingerprint density at radius 3 is 2.62 bits per heavy atom. The first-order valence-corrected chi connectivity index (χ1v) is 9.70. The van der Waals surface area contributed by atoms with Gasteiger partial charge in [0.25, 0.3) is 0 Å². The number of likely N-dealkylation sites (tertiary alicyclic amines) is 1. The van der Waals surface area contributed by atoms with Crippen LogP contribution in [0.3, 0.4) is 0 Å². The van der Waals surface area contributed by atoms with Crippen molar-refractivity contribution in [3.8, 4) is 5.75 Å². The molecule has 1 aliphatic heterocycles. The van der Waals surface area contributed by atoms with Gasteiger partial charge in [0.15, 0.2) is 0 Å². The predicted octanol–water partition coefficient (Wildman–Crippen LogP) is 5.12. The van der Waals surface area contributed by atoms with Crippen LogP contribution in [0.2, 0.25) is 0 Å². The van der Waals surface area contributed by atoms with E-state index in [0.29, 0.717) is 11.8 Å². The largest absolute Gasteiger partial charge is 0.508 e. The Morgan fingerprint density at radius 1 is 1.08 bits per heavy atom. The van der Waals surface area contributed by atoms with E-state index >= 15 is 0 Å². The topological polar surface area (TPSA) is 23.5 Å². The molecule has 0 saturated carbocycles. The Balaban J connectivity index is 1.61. The van der Waals surface area contributed by atoms with Crippen LogP contribution in [0.1, 0.15) is 50.3 Å². The summed E-state index contributed by atoms with van der Waals surface area (Å²) in [7, 11) is 0. The van der Waals surface area contributed by atoms with Crippen molar-refractivity contribution in [2.24, 2.45) is 0 Å². The van der Waals surface area contributed by atoms with Gasteiger partial charge in [-0.15, -0.1) is 0 Å².